The van der Waals surface area contributed by atoms with Crippen LogP contribution in [-0.2, 0) is 4.79 Å². The molecule has 2 nitrogen and oxygen atoms in total. The molecule has 1 rings (SSSR count). The zero-order valence-corrected chi connectivity index (χ0v) is 12.0. The van der Waals surface area contributed by atoms with Crippen LogP contribution < -0.4 is 5.32 Å². The molecule has 1 aromatic rings. The molecule has 1 N–H and O–H groups in total. The van der Waals surface area contributed by atoms with E-state index in [2.05, 4.69) is 11.9 Å². The average Bonchev–Trinajstić information content (AvgIpc) is 2.42. The van der Waals surface area contributed by atoms with Crippen molar-refractivity contribution in [2.24, 2.45) is 0 Å². The van der Waals surface area contributed by atoms with Gasteiger partial charge in [0.15, 0.2) is 0 Å². The Balaban J connectivity index is 2.04. The molecular weight excluding hydrogens is 253 g/mol. The number of allylic oxidation sites excluding steroid dienone is 1. The van der Waals surface area contributed by atoms with E-state index in [0.717, 1.165) is 19.3 Å². The van der Waals surface area contributed by atoms with Crippen LogP contribution in [0.15, 0.2) is 36.9 Å². The molecule has 0 saturated carbocycles. The lowest BCUT2D eigenvalue weighted by Gasteiger charge is -2.05. The summed E-state index contributed by atoms with van der Waals surface area (Å²) >= 11 is 0. The molecular formula is C17H24FNO. The summed E-state index contributed by atoms with van der Waals surface area (Å²) in [5.74, 6) is -0.371. The van der Waals surface area contributed by atoms with Crippen LogP contribution in [0.5, 0.6) is 0 Å². The monoisotopic (exact) mass is 277 g/mol. The Hall–Kier alpha value is -1.64. The van der Waals surface area contributed by atoms with Crippen molar-refractivity contribution in [1.29, 1.82) is 0 Å². The minimum absolute atomic E-state index is 0.0396. The summed E-state index contributed by atoms with van der Waals surface area (Å²) in [6.07, 6.45) is 10.4. The van der Waals surface area contributed by atoms with Gasteiger partial charge in [-0.3, -0.25) is 4.79 Å². The standard InChI is InChI=1S/C17H24FNO/c1-2-3-4-5-6-7-8-9-13-17(20)19-16-12-10-11-15(18)14-16/h2,10-12,14H,1,3-9,13H2,(H,19,20). The van der Waals surface area contributed by atoms with Crippen LogP contribution >= 0.6 is 0 Å². The molecule has 0 aliphatic rings. The molecule has 0 fully saturated rings. The van der Waals surface area contributed by atoms with Gasteiger partial charge in [-0.05, 0) is 37.5 Å². The summed E-state index contributed by atoms with van der Waals surface area (Å²) in [6.45, 7) is 3.70. The summed E-state index contributed by atoms with van der Waals surface area (Å²) < 4.78 is 12.9. The van der Waals surface area contributed by atoms with Crippen molar-refractivity contribution in [3.63, 3.8) is 0 Å². The van der Waals surface area contributed by atoms with Crippen LogP contribution in [0.4, 0.5) is 10.1 Å². The van der Waals surface area contributed by atoms with Gasteiger partial charge < -0.3 is 5.32 Å². The first-order chi connectivity index (χ1) is 9.72. The van der Waals surface area contributed by atoms with Crippen molar-refractivity contribution < 1.29 is 9.18 Å². The summed E-state index contributed by atoms with van der Waals surface area (Å²) in [5, 5.41) is 2.71. The number of unbranched alkanes of at least 4 members (excludes halogenated alkanes) is 6. The first-order valence-electron chi connectivity index (χ1n) is 7.38. The van der Waals surface area contributed by atoms with Crippen molar-refractivity contribution in [3.8, 4) is 0 Å². The van der Waals surface area contributed by atoms with Gasteiger partial charge in [0.25, 0.3) is 0 Å². The van der Waals surface area contributed by atoms with Crippen LogP contribution in [0.1, 0.15) is 51.4 Å². The second-order valence-corrected chi connectivity index (χ2v) is 5.01. The molecule has 0 unspecified atom stereocenters. The molecule has 0 bridgehead atoms. The molecule has 0 spiro atoms. The van der Waals surface area contributed by atoms with E-state index < -0.39 is 0 Å². The summed E-state index contributed by atoms with van der Waals surface area (Å²) in [5.41, 5.74) is 0.527. The fourth-order valence-corrected chi connectivity index (χ4v) is 2.07. The lowest BCUT2D eigenvalue weighted by atomic mass is 10.1. The lowest BCUT2D eigenvalue weighted by molar-refractivity contribution is -0.116. The van der Waals surface area contributed by atoms with Gasteiger partial charge in [0.05, 0.1) is 0 Å². The third-order valence-corrected chi connectivity index (χ3v) is 3.17. The van der Waals surface area contributed by atoms with E-state index in [0.29, 0.717) is 12.1 Å². The Bertz CT molecular complexity index is 417. The molecule has 110 valence electrons. The fraction of sp³-hybridized carbons (Fsp3) is 0.471. The van der Waals surface area contributed by atoms with Gasteiger partial charge in [0.1, 0.15) is 5.82 Å². The summed E-state index contributed by atoms with van der Waals surface area (Å²) in [7, 11) is 0. The van der Waals surface area contributed by atoms with Crippen molar-refractivity contribution in [2.45, 2.75) is 51.4 Å². The number of hydrogen-bond acceptors (Lipinski definition) is 1. The largest absolute Gasteiger partial charge is 0.326 e. The Kier molecular flexibility index (Phi) is 8.36. The normalized spacial score (nSPS) is 10.2. The molecule has 0 aliphatic carbocycles. The van der Waals surface area contributed by atoms with Gasteiger partial charge in [0.2, 0.25) is 5.91 Å². The fourth-order valence-electron chi connectivity index (χ4n) is 2.07. The zero-order chi connectivity index (χ0) is 14.6. The number of benzene rings is 1. The van der Waals surface area contributed by atoms with E-state index in [4.69, 9.17) is 0 Å². The maximum atomic E-state index is 12.9. The first kappa shape index (κ1) is 16.4. The molecule has 1 aromatic carbocycles. The minimum atomic E-state index is -0.331. The molecule has 0 atom stereocenters. The lowest BCUT2D eigenvalue weighted by Crippen LogP contribution is -2.11. The van der Waals surface area contributed by atoms with Crippen molar-refractivity contribution in [2.75, 3.05) is 5.32 Å². The van der Waals surface area contributed by atoms with E-state index >= 15 is 0 Å². The average molecular weight is 277 g/mol. The number of nitrogens with one attached hydrogen (secondary N) is 1. The SMILES string of the molecule is C=CCCCCCCCCC(=O)Nc1cccc(F)c1. The van der Waals surface area contributed by atoms with E-state index in [-0.39, 0.29) is 11.7 Å². The smallest absolute Gasteiger partial charge is 0.224 e. The van der Waals surface area contributed by atoms with Gasteiger partial charge in [-0.25, -0.2) is 4.39 Å². The first-order valence-corrected chi connectivity index (χ1v) is 7.38. The number of hydrogen-bond donors (Lipinski definition) is 1. The van der Waals surface area contributed by atoms with Gasteiger partial charge in [-0.15, -0.1) is 6.58 Å². The number of rotatable bonds is 10. The second kappa shape index (κ2) is 10.2. The minimum Gasteiger partial charge on any atom is -0.326 e. The number of amides is 1. The molecule has 1 amide bonds. The highest BCUT2D eigenvalue weighted by molar-refractivity contribution is 5.90. The molecule has 3 heteroatoms. The third-order valence-electron chi connectivity index (χ3n) is 3.17. The van der Waals surface area contributed by atoms with Crippen molar-refractivity contribution in [3.05, 3.63) is 42.7 Å². The molecule has 20 heavy (non-hydrogen) atoms. The van der Waals surface area contributed by atoms with Crippen LogP contribution in [0.2, 0.25) is 0 Å². The van der Waals surface area contributed by atoms with Gasteiger partial charge in [-0.2, -0.15) is 0 Å². The van der Waals surface area contributed by atoms with Crippen LogP contribution in [-0.4, -0.2) is 5.91 Å². The Labute approximate surface area is 121 Å². The van der Waals surface area contributed by atoms with Gasteiger partial charge in [-0.1, -0.05) is 37.8 Å². The zero-order valence-electron chi connectivity index (χ0n) is 12.0. The Morgan fingerprint density at radius 1 is 1.15 bits per heavy atom. The predicted octanol–water partition coefficient (Wildman–Crippen LogP) is 5.07. The van der Waals surface area contributed by atoms with E-state index in [1.54, 1.807) is 12.1 Å². The number of anilines is 1. The molecule has 0 saturated heterocycles. The maximum absolute atomic E-state index is 12.9. The number of halogens is 1. The quantitative estimate of drug-likeness (QED) is 0.469. The van der Waals surface area contributed by atoms with E-state index in [9.17, 15) is 9.18 Å². The molecule has 0 aliphatic heterocycles. The Morgan fingerprint density at radius 3 is 2.55 bits per heavy atom. The Morgan fingerprint density at radius 2 is 1.85 bits per heavy atom. The van der Waals surface area contributed by atoms with E-state index in [1.165, 1.54) is 37.8 Å². The summed E-state index contributed by atoms with van der Waals surface area (Å²) in [6, 6.07) is 5.98. The number of carbonyl (C=O) groups is 1. The van der Waals surface area contributed by atoms with Crippen LogP contribution in [0, 0.1) is 5.82 Å². The summed E-state index contributed by atoms with van der Waals surface area (Å²) in [4.78, 5) is 11.7. The highest BCUT2D eigenvalue weighted by atomic mass is 19.1. The molecule has 0 aromatic heterocycles. The van der Waals surface area contributed by atoms with Gasteiger partial charge >= 0.3 is 0 Å². The second-order valence-electron chi connectivity index (χ2n) is 5.01. The van der Waals surface area contributed by atoms with Crippen LogP contribution in [0.3, 0.4) is 0 Å². The predicted molar refractivity (Wildman–Crippen MR) is 82.2 cm³/mol. The number of carbonyl (C=O) groups excluding carboxylic acids is 1. The van der Waals surface area contributed by atoms with Crippen molar-refractivity contribution >= 4 is 11.6 Å². The molecule has 0 radical (unpaired) electrons. The topological polar surface area (TPSA) is 29.1 Å². The maximum Gasteiger partial charge on any atom is 0.224 e. The molecule has 0 heterocycles. The highest BCUT2D eigenvalue weighted by Crippen LogP contribution is 2.12. The van der Waals surface area contributed by atoms with Gasteiger partial charge in [0, 0.05) is 12.1 Å². The van der Waals surface area contributed by atoms with Crippen molar-refractivity contribution in [1.82, 2.24) is 0 Å². The highest BCUT2D eigenvalue weighted by Gasteiger charge is 2.02. The van der Waals surface area contributed by atoms with Crippen LogP contribution in [0.25, 0.3) is 0 Å². The van der Waals surface area contributed by atoms with E-state index in [1.807, 2.05) is 6.08 Å². The third kappa shape index (κ3) is 7.72.